The highest BCUT2D eigenvalue weighted by Gasteiger charge is 2.42. The minimum absolute atomic E-state index is 0.574. The predicted molar refractivity (Wildman–Crippen MR) is 136 cm³/mol. The average Bonchev–Trinajstić information content (AvgIpc) is 2.82. The van der Waals surface area contributed by atoms with E-state index in [0.717, 1.165) is 13.0 Å². The molecule has 0 bridgehead atoms. The Morgan fingerprint density at radius 2 is 1.13 bits per heavy atom. The van der Waals surface area contributed by atoms with E-state index in [9.17, 15) is 0 Å². The zero-order chi connectivity index (χ0) is 22.0. The normalized spacial score (nSPS) is 11.9. The Kier molecular flexibility index (Phi) is 13.2. The standard InChI is InChI=1S/C28H42O2Si/c1-3-5-7-8-9-10-11-12-13-20-26-30-31(29-25-6-4-2,27-21-16-14-17-22-27)28-23-18-15-19-24-28/h4,6,14-19,21-24H,3,5,7-13,20,25-26H2,1-2H3/b6-4+. The summed E-state index contributed by atoms with van der Waals surface area (Å²) in [7, 11) is -2.73. The Morgan fingerprint density at radius 3 is 1.61 bits per heavy atom. The smallest absolute Gasteiger partial charge is 0.388 e. The van der Waals surface area contributed by atoms with Crippen molar-refractivity contribution in [1.82, 2.24) is 0 Å². The maximum absolute atomic E-state index is 6.70. The average molecular weight is 439 g/mol. The first-order valence-electron chi connectivity index (χ1n) is 12.3. The van der Waals surface area contributed by atoms with Crippen LogP contribution in [0.4, 0.5) is 0 Å². The minimum Gasteiger partial charge on any atom is -0.388 e. The Balaban J connectivity index is 1.92. The summed E-state index contributed by atoms with van der Waals surface area (Å²) >= 11 is 0. The van der Waals surface area contributed by atoms with Crippen LogP contribution in [0.5, 0.6) is 0 Å². The van der Waals surface area contributed by atoms with Gasteiger partial charge in [0.25, 0.3) is 0 Å². The van der Waals surface area contributed by atoms with Gasteiger partial charge >= 0.3 is 8.56 Å². The number of hydrogen-bond acceptors (Lipinski definition) is 2. The highest BCUT2D eigenvalue weighted by molar-refractivity contribution is 6.92. The molecule has 2 aromatic rings. The summed E-state index contributed by atoms with van der Waals surface area (Å²) in [5.41, 5.74) is 0. The Labute approximate surface area is 191 Å². The van der Waals surface area contributed by atoms with Crippen LogP contribution in [0.1, 0.15) is 78.1 Å². The molecule has 0 aliphatic rings. The lowest BCUT2D eigenvalue weighted by Crippen LogP contribution is -2.63. The summed E-state index contributed by atoms with van der Waals surface area (Å²) in [5, 5.41) is 2.36. The second-order valence-corrected chi connectivity index (χ2v) is 11.2. The first-order chi connectivity index (χ1) is 15.3. The largest absolute Gasteiger partial charge is 0.407 e. The van der Waals surface area contributed by atoms with Gasteiger partial charge in [0, 0.05) is 6.61 Å². The van der Waals surface area contributed by atoms with Crippen LogP contribution in [-0.4, -0.2) is 21.8 Å². The first-order valence-corrected chi connectivity index (χ1v) is 14.1. The van der Waals surface area contributed by atoms with Gasteiger partial charge in [0.15, 0.2) is 0 Å². The second kappa shape index (κ2) is 16.0. The van der Waals surface area contributed by atoms with Gasteiger partial charge in [-0.1, -0.05) is 138 Å². The monoisotopic (exact) mass is 438 g/mol. The molecule has 2 aromatic carbocycles. The van der Waals surface area contributed by atoms with E-state index in [2.05, 4.69) is 73.7 Å². The molecule has 0 saturated heterocycles. The number of allylic oxidation sites excluding steroid dienone is 1. The topological polar surface area (TPSA) is 18.5 Å². The van der Waals surface area contributed by atoms with E-state index in [1.165, 1.54) is 68.2 Å². The summed E-state index contributed by atoms with van der Waals surface area (Å²) in [6.07, 6.45) is 17.4. The third kappa shape index (κ3) is 9.14. The van der Waals surface area contributed by atoms with Gasteiger partial charge in [0.2, 0.25) is 0 Å². The molecule has 2 nitrogen and oxygen atoms in total. The van der Waals surface area contributed by atoms with Crippen molar-refractivity contribution in [2.45, 2.75) is 78.1 Å². The lowest BCUT2D eigenvalue weighted by atomic mass is 10.1. The van der Waals surface area contributed by atoms with Gasteiger partial charge in [-0.25, -0.2) is 0 Å². The maximum Gasteiger partial charge on any atom is 0.407 e. The fourth-order valence-corrected chi connectivity index (χ4v) is 7.03. The Morgan fingerprint density at radius 1 is 0.645 bits per heavy atom. The molecule has 0 aromatic heterocycles. The molecule has 0 spiro atoms. The van der Waals surface area contributed by atoms with Crippen LogP contribution in [0, 0.1) is 0 Å². The van der Waals surface area contributed by atoms with Gasteiger partial charge in [0.1, 0.15) is 0 Å². The van der Waals surface area contributed by atoms with Gasteiger partial charge in [-0.05, 0) is 23.7 Å². The van der Waals surface area contributed by atoms with Crippen LogP contribution < -0.4 is 10.4 Å². The fourth-order valence-electron chi connectivity index (χ4n) is 3.92. The van der Waals surface area contributed by atoms with E-state index in [4.69, 9.17) is 8.85 Å². The predicted octanol–water partition coefficient (Wildman–Crippen LogP) is 6.77. The van der Waals surface area contributed by atoms with Crippen molar-refractivity contribution >= 4 is 18.9 Å². The SMILES string of the molecule is C/C=C/CO[Si](OCCCCCCCCCCCC)(c1ccccc1)c1ccccc1. The zero-order valence-corrected chi connectivity index (χ0v) is 20.7. The minimum atomic E-state index is -2.73. The zero-order valence-electron chi connectivity index (χ0n) is 19.7. The molecule has 170 valence electrons. The van der Waals surface area contributed by atoms with E-state index in [-0.39, 0.29) is 0 Å². The number of unbranched alkanes of at least 4 members (excludes halogenated alkanes) is 9. The molecule has 3 heteroatoms. The highest BCUT2D eigenvalue weighted by Crippen LogP contribution is 2.14. The molecule has 0 aliphatic heterocycles. The van der Waals surface area contributed by atoms with Crippen molar-refractivity contribution in [3.05, 3.63) is 72.8 Å². The van der Waals surface area contributed by atoms with E-state index in [0.29, 0.717) is 6.61 Å². The molecule has 0 saturated carbocycles. The molecule has 0 aliphatic carbocycles. The second-order valence-electron chi connectivity index (χ2n) is 8.26. The van der Waals surface area contributed by atoms with E-state index in [1.807, 2.05) is 13.0 Å². The van der Waals surface area contributed by atoms with Gasteiger partial charge in [-0.2, -0.15) is 0 Å². The summed E-state index contributed by atoms with van der Waals surface area (Å²) < 4.78 is 13.3. The van der Waals surface area contributed by atoms with Gasteiger partial charge in [-0.15, -0.1) is 0 Å². The van der Waals surface area contributed by atoms with Crippen LogP contribution in [0.2, 0.25) is 0 Å². The van der Waals surface area contributed by atoms with E-state index < -0.39 is 8.56 Å². The van der Waals surface area contributed by atoms with Crippen molar-refractivity contribution in [2.24, 2.45) is 0 Å². The number of hydrogen-bond donors (Lipinski definition) is 0. The Hall–Kier alpha value is -1.68. The fraction of sp³-hybridized carbons (Fsp3) is 0.500. The quantitative estimate of drug-likeness (QED) is 0.154. The van der Waals surface area contributed by atoms with Crippen molar-refractivity contribution in [2.75, 3.05) is 13.2 Å². The lowest BCUT2D eigenvalue weighted by Gasteiger charge is -2.31. The van der Waals surface area contributed by atoms with Gasteiger partial charge in [0.05, 0.1) is 6.61 Å². The van der Waals surface area contributed by atoms with Crippen LogP contribution >= 0.6 is 0 Å². The molecule has 31 heavy (non-hydrogen) atoms. The summed E-state index contributed by atoms with van der Waals surface area (Å²) in [5.74, 6) is 0. The van der Waals surface area contributed by atoms with Crippen LogP contribution in [0.15, 0.2) is 72.8 Å². The van der Waals surface area contributed by atoms with Gasteiger partial charge in [-0.3, -0.25) is 0 Å². The lowest BCUT2D eigenvalue weighted by molar-refractivity contribution is 0.203. The highest BCUT2D eigenvalue weighted by atomic mass is 28.4. The molecular formula is C28H42O2Si. The molecule has 0 unspecified atom stereocenters. The molecular weight excluding hydrogens is 396 g/mol. The van der Waals surface area contributed by atoms with Gasteiger partial charge < -0.3 is 8.85 Å². The number of rotatable bonds is 17. The van der Waals surface area contributed by atoms with E-state index >= 15 is 0 Å². The summed E-state index contributed by atoms with van der Waals surface area (Å²) in [4.78, 5) is 0. The van der Waals surface area contributed by atoms with Crippen LogP contribution in [0.25, 0.3) is 0 Å². The third-order valence-electron chi connectivity index (χ3n) is 5.73. The third-order valence-corrected chi connectivity index (χ3v) is 9.10. The van der Waals surface area contributed by atoms with Crippen molar-refractivity contribution in [1.29, 1.82) is 0 Å². The maximum atomic E-state index is 6.70. The molecule has 0 radical (unpaired) electrons. The summed E-state index contributed by atoms with van der Waals surface area (Å²) in [6, 6.07) is 21.1. The molecule has 0 N–H and O–H groups in total. The molecule has 0 atom stereocenters. The molecule has 0 amide bonds. The number of benzene rings is 2. The van der Waals surface area contributed by atoms with Crippen LogP contribution in [-0.2, 0) is 8.85 Å². The summed E-state index contributed by atoms with van der Waals surface area (Å²) in [6.45, 7) is 5.63. The van der Waals surface area contributed by atoms with Crippen molar-refractivity contribution in [3.63, 3.8) is 0 Å². The van der Waals surface area contributed by atoms with E-state index in [1.54, 1.807) is 0 Å². The van der Waals surface area contributed by atoms with Crippen molar-refractivity contribution < 1.29 is 8.85 Å². The Bertz CT molecular complexity index is 660. The first kappa shape index (κ1) is 25.6. The molecule has 0 fully saturated rings. The van der Waals surface area contributed by atoms with Crippen LogP contribution in [0.3, 0.4) is 0 Å². The molecule has 0 heterocycles. The van der Waals surface area contributed by atoms with Crippen molar-refractivity contribution in [3.8, 4) is 0 Å². The molecule has 2 rings (SSSR count).